The predicted octanol–water partition coefficient (Wildman–Crippen LogP) is 4.35. The standard InChI is InChI=1S/C21H19F3N6O3S/c1-3-34(31,32)15-5-6-17(33-13(2)21(22,23)24)16(8-15)29-19-9-20(28-12-27-19)30-18-7-4-14(10-25)11-26-18/h4-9,11-13H,3H2,1-2H3,(H2,26,27,28,29,30). The third-order valence-electron chi connectivity index (χ3n) is 4.53. The summed E-state index contributed by atoms with van der Waals surface area (Å²) in [6, 6.07) is 10.1. The number of alkyl halides is 3. The maximum atomic E-state index is 13.0. The van der Waals surface area contributed by atoms with Gasteiger partial charge in [0.2, 0.25) is 0 Å². The lowest BCUT2D eigenvalue weighted by Crippen LogP contribution is -2.31. The third-order valence-corrected chi connectivity index (χ3v) is 6.27. The topological polar surface area (TPSA) is 130 Å². The Hall–Kier alpha value is -3.92. The fourth-order valence-electron chi connectivity index (χ4n) is 2.62. The molecule has 2 N–H and O–H groups in total. The smallest absolute Gasteiger partial charge is 0.425 e. The first kappa shape index (κ1) is 24.7. The van der Waals surface area contributed by atoms with Gasteiger partial charge in [0.1, 0.15) is 35.6 Å². The average Bonchev–Trinajstić information content (AvgIpc) is 2.80. The van der Waals surface area contributed by atoms with Gasteiger partial charge in [0.15, 0.2) is 15.9 Å². The number of aromatic nitrogens is 3. The summed E-state index contributed by atoms with van der Waals surface area (Å²) in [5, 5.41) is 14.6. The largest absolute Gasteiger partial charge is 0.479 e. The van der Waals surface area contributed by atoms with Crippen molar-refractivity contribution in [2.45, 2.75) is 31.0 Å². The maximum absolute atomic E-state index is 13.0. The lowest BCUT2D eigenvalue weighted by molar-refractivity contribution is -0.189. The fraction of sp³-hybridized carbons (Fsp3) is 0.238. The lowest BCUT2D eigenvalue weighted by Gasteiger charge is -2.20. The average molecular weight is 492 g/mol. The summed E-state index contributed by atoms with van der Waals surface area (Å²) in [6.07, 6.45) is -4.19. The Bertz CT molecular complexity index is 1310. The van der Waals surface area contributed by atoms with Gasteiger partial charge in [-0.1, -0.05) is 6.92 Å². The van der Waals surface area contributed by atoms with Gasteiger partial charge in [0.25, 0.3) is 0 Å². The van der Waals surface area contributed by atoms with Crippen LogP contribution in [0, 0.1) is 11.3 Å². The van der Waals surface area contributed by atoms with Crippen LogP contribution in [0.5, 0.6) is 5.75 Å². The molecule has 0 saturated carbocycles. The molecule has 9 nitrogen and oxygen atoms in total. The zero-order valence-corrected chi connectivity index (χ0v) is 18.8. The minimum atomic E-state index is -4.62. The van der Waals surface area contributed by atoms with Crippen LogP contribution in [-0.2, 0) is 9.84 Å². The van der Waals surface area contributed by atoms with E-state index in [0.717, 1.165) is 13.0 Å². The first-order valence-electron chi connectivity index (χ1n) is 9.84. The summed E-state index contributed by atoms with van der Waals surface area (Å²) in [7, 11) is -3.64. The lowest BCUT2D eigenvalue weighted by atomic mass is 10.2. The van der Waals surface area contributed by atoms with Crippen molar-refractivity contribution >= 4 is 33.0 Å². The van der Waals surface area contributed by atoms with Gasteiger partial charge < -0.3 is 15.4 Å². The first-order valence-corrected chi connectivity index (χ1v) is 11.5. The molecule has 1 unspecified atom stereocenters. The molecule has 34 heavy (non-hydrogen) atoms. The van der Waals surface area contributed by atoms with E-state index in [4.69, 9.17) is 10.00 Å². The fourth-order valence-corrected chi connectivity index (χ4v) is 3.53. The van der Waals surface area contributed by atoms with E-state index in [0.29, 0.717) is 11.4 Å². The predicted molar refractivity (Wildman–Crippen MR) is 118 cm³/mol. The molecular formula is C21H19F3N6O3S. The molecule has 0 amide bonds. The molecule has 0 spiro atoms. The van der Waals surface area contributed by atoms with E-state index in [-0.39, 0.29) is 33.7 Å². The SMILES string of the molecule is CCS(=O)(=O)c1ccc(OC(C)C(F)(F)F)c(Nc2cc(Nc3ccc(C#N)cn3)ncn2)c1. The molecule has 2 heterocycles. The Morgan fingerprint density at radius 1 is 1.06 bits per heavy atom. The number of hydrogen-bond acceptors (Lipinski definition) is 9. The highest BCUT2D eigenvalue weighted by Crippen LogP contribution is 2.34. The normalized spacial score (nSPS) is 12.5. The van der Waals surface area contributed by atoms with Crippen LogP contribution >= 0.6 is 0 Å². The highest BCUT2D eigenvalue weighted by molar-refractivity contribution is 7.91. The van der Waals surface area contributed by atoms with Crippen molar-refractivity contribution in [2.75, 3.05) is 16.4 Å². The van der Waals surface area contributed by atoms with E-state index in [2.05, 4.69) is 25.6 Å². The Labute approximate surface area is 193 Å². The molecule has 1 atom stereocenters. The highest BCUT2D eigenvalue weighted by atomic mass is 32.2. The molecule has 2 aromatic heterocycles. The Kier molecular flexibility index (Phi) is 7.21. The van der Waals surface area contributed by atoms with Crippen molar-refractivity contribution < 1.29 is 26.3 Å². The molecule has 0 fully saturated rings. The molecule has 3 aromatic rings. The van der Waals surface area contributed by atoms with Crippen LogP contribution in [0.15, 0.2) is 53.8 Å². The van der Waals surface area contributed by atoms with Crippen molar-refractivity contribution in [1.82, 2.24) is 15.0 Å². The van der Waals surface area contributed by atoms with Gasteiger partial charge in [-0.25, -0.2) is 23.4 Å². The molecule has 0 aliphatic carbocycles. The molecule has 1 aromatic carbocycles. The number of hydrogen-bond donors (Lipinski definition) is 2. The number of pyridine rings is 1. The monoisotopic (exact) mass is 492 g/mol. The first-order chi connectivity index (χ1) is 16.0. The van der Waals surface area contributed by atoms with Crippen LogP contribution in [0.4, 0.5) is 36.3 Å². The molecule has 0 saturated heterocycles. The van der Waals surface area contributed by atoms with Gasteiger partial charge in [-0.05, 0) is 37.3 Å². The second-order valence-electron chi connectivity index (χ2n) is 6.95. The summed E-state index contributed by atoms with van der Waals surface area (Å²) < 4.78 is 68.7. The molecule has 13 heteroatoms. The van der Waals surface area contributed by atoms with E-state index >= 15 is 0 Å². The van der Waals surface area contributed by atoms with Gasteiger partial charge in [0, 0.05) is 12.3 Å². The number of nitrogens with one attached hydrogen (secondary N) is 2. The van der Waals surface area contributed by atoms with Gasteiger partial charge in [-0.3, -0.25) is 0 Å². The summed E-state index contributed by atoms with van der Waals surface area (Å²) >= 11 is 0. The summed E-state index contributed by atoms with van der Waals surface area (Å²) in [5.74, 6) is 0.439. The van der Waals surface area contributed by atoms with Crippen molar-refractivity contribution in [3.8, 4) is 11.8 Å². The van der Waals surface area contributed by atoms with Gasteiger partial charge in [0.05, 0.1) is 21.9 Å². The molecule has 0 bridgehead atoms. The van der Waals surface area contributed by atoms with Crippen LogP contribution in [-0.4, -0.2) is 41.4 Å². The summed E-state index contributed by atoms with van der Waals surface area (Å²) in [5.41, 5.74) is 0.352. The molecule has 3 rings (SSSR count). The molecule has 0 aliphatic heterocycles. The quantitative estimate of drug-likeness (QED) is 0.471. The summed E-state index contributed by atoms with van der Waals surface area (Å²) in [4.78, 5) is 12.1. The molecule has 0 radical (unpaired) electrons. The zero-order valence-electron chi connectivity index (χ0n) is 18.0. The van der Waals surface area contributed by atoms with E-state index in [1.165, 1.54) is 37.6 Å². The summed E-state index contributed by atoms with van der Waals surface area (Å²) in [6.45, 7) is 2.30. The molecular weight excluding hydrogens is 473 g/mol. The van der Waals surface area contributed by atoms with Crippen molar-refractivity contribution in [3.05, 3.63) is 54.5 Å². The third kappa shape index (κ3) is 6.10. The number of benzene rings is 1. The van der Waals surface area contributed by atoms with E-state index in [1.807, 2.05) is 6.07 Å². The Morgan fingerprint density at radius 2 is 1.76 bits per heavy atom. The highest BCUT2D eigenvalue weighted by Gasteiger charge is 2.38. The van der Waals surface area contributed by atoms with Crippen LogP contribution in [0.25, 0.3) is 0 Å². The second kappa shape index (κ2) is 9.92. The number of anilines is 4. The minimum absolute atomic E-state index is 0.0215. The van der Waals surface area contributed by atoms with Gasteiger partial charge in [-0.2, -0.15) is 18.4 Å². The number of nitrogens with zero attached hydrogens (tertiary/aromatic N) is 4. The number of sulfone groups is 1. The Morgan fingerprint density at radius 3 is 2.35 bits per heavy atom. The molecule has 178 valence electrons. The maximum Gasteiger partial charge on any atom is 0.425 e. The number of halogens is 3. The number of rotatable bonds is 8. The van der Waals surface area contributed by atoms with E-state index in [9.17, 15) is 21.6 Å². The van der Waals surface area contributed by atoms with Crippen LogP contribution < -0.4 is 15.4 Å². The number of nitriles is 1. The van der Waals surface area contributed by atoms with Crippen LogP contribution in [0.2, 0.25) is 0 Å². The minimum Gasteiger partial charge on any atom is -0.479 e. The number of ether oxygens (including phenoxy) is 1. The van der Waals surface area contributed by atoms with E-state index in [1.54, 1.807) is 12.1 Å². The van der Waals surface area contributed by atoms with Crippen LogP contribution in [0.1, 0.15) is 19.4 Å². The van der Waals surface area contributed by atoms with Crippen LogP contribution in [0.3, 0.4) is 0 Å². The zero-order chi connectivity index (χ0) is 24.9. The van der Waals surface area contributed by atoms with Crippen molar-refractivity contribution in [2.24, 2.45) is 0 Å². The van der Waals surface area contributed by atoms with Crippen molar-refractivity contribution in [3.63, 3.8) is 0 Å². The Balaban J connectivity index is 1.92. The van der Waals surface area contributed by atoms with Crippen molar-refractivity contribution in [1.29, 1.82) is 5.26 Å². The van der Waals surface area contributed by atoms with Gasteiger partial charge >= 0.3 is 6.18 Å². The molecule has 0 aliphatic rings. The second-order valence-corrected chi connectivity index (χ2v) is 9.22. The van der Waals surface area contributed by atoms with E-state index < -0.39 is 22.1 Å². The van der Waals surface area contributed by atoms with Gasteiger partial charge in [-0.15, -0.1) is 0 Å².